The van der Waals surface area contributed by atoms with Crippen molar-refractivity contribution in [2.24, 2.45) is 0 Å². The molecule has 0 aliphatic carbocycles. The second kappa shape index (κ2) is 7.75. The van der Waals surface area contributed by atoms with Crippen molar-refractivity contribution in [2.75, 3.05) is 6.61 Å². The average Bonchev–Trinajstić information content (AvgIpc) is 3.07. The van der Waals surface area contributed by atoms with Gasteiger partial charge in [0.25, 0.3) is 0 Å². The summed E-state index contributed by atoms with van der Waals surface area (Å²) in [4.78, 5) is 24.3. The number of hydrogen-bond acceptors (Lipinski definition) is 5. The largest absolute Gasteiger partial charge is 0.457 e. The summed E-state index contributed by atoms with van der Waals surface area (Å²) in [5, 5.41) is 0.319. The van der Waals surface area contributed by atoms with Crippen LogP contribution in [0.5, 0.6) is 0 Å². The summed E-state index contributed by atoms with van der Waals surface area (Å²) in [6.07, 6.45) is 3.65. The van der Waals surface area contributed by atoms with Crippen LogP contribution in [0, 0.1) is 0 Å². The summed E-state index contributed by atoms with van der Waals surface area (Å²) in [6.45, 7) is 4.39. The van der Waals surface area contributed by atoms with Gasteiger partial charge in [-0.25, -0.2) is 19.7 Å². The van der Waals surface area contributed by atoms with E-state index in [1.54, 1.807) is 30.6 Å². The number of esters is 1. The molecule has 0 fully saturated rings. The number of aryl methyl sites for hydroxylation is 1. The highest BCUT2D eigenvalue weighted by Gasteiger charge is 2.10. The Kier molecular flexibility index (Phi) is 5.23. The standard InChI is InChI=1S/C18H15ClN4O2/c1-2-13(10-25-18(24)14-6-4-3-5-7-14)8-9-23-12-22-15-16(19)20-11-21-17(15)23/h3-7,11-12H,1,8-10H2. The van der Waals surface area contributed by atoms with Crippen molar-refractivity contribution < 1.29 is 9.53 Å². The van der Waals surface area contributed by atoms with Crippen LogP contribution < -0.4 is 0 Å². The number of carbonyl (C=O) groups is 1. The summed E-state index contributed by atoms with van der Waals surface area (Å²) in [5.74, 6) is -0.374. The van der Waals surface area contributed by atoms with E-state index in [0.29, 0.717) is 34.8 Å². The summed E-state index contributed by atoms with van der Waals surface area (Å²) >= 11 is 5.99. The van der Waals surface area contributed by atoms with Crippen molar-refractivity contribution in [1.29, 1.82) is 0 Å². The number of rotatable bonds is 6. The molecule has 3 aromatic rings. The lowest BCUT2D eigenvalue weighted by Crippen LogP contribution is -2.09. The van der Waals surface area contributed by atoms with E-state index in [1.807, 2.05) is 10.6 Å². The van der Waals surface area contributed by atoms with Crippen molar-refractivity contribution in [1.82, 2.24) is 19.5 Å². The van der Waals surface area contributed by atoms with Crippen molar-refractivity contribution in [2.45, 2.75) is 13.0 Å². The van der Waals surface area contributed by atoms with Crippen LogP contribution in [-0.4, -0.2) is 32.1 Å². The van der Waals surface area contributed by atoms with Gasteiger partial charge >= 0.3 is 5.97 Å². The first-order valence-corrected chi connectivity index (χ1v) is 7.98. The molecule has 2 heterocycles. The molecule has 0 amide bonds. The number of hydrogen-bond donors (Lipinski definition) is 0. The van der Waals surface area contributed by atoms with E-state index in [2.05, 4.69) is 27.3 Å². The molecule has 0 saturated carbocycles. The van der Waals surface area contributed by atoms with Crippen LogP contribution in [0.3, 0.4) is 0 Å². The SMILES string of the molecule is C=C=C(CCn1cnc2c(Cl)ncnc21)COC(=O)c1ccccc1. The second-order valence-electron chi connectivity index (χ2n) is 5.25. The molecule has 0 atom stereocenters. The first-order chi connectivity index (χ1) is 12.2. The molecule has 0 bridgehead atoms. The molecule has 25 heavy (non-hydrogen) atoms. The Morgan fingerprint density at radius 3 is 2.80 bits per heavy atom. The second-order valence-corrected chi connectivity index (χ2v) is 5.61. The Morgan fingerprint density at radius 2 is 2.04 bits per heavy atom. The van der Waals surface area contributed by atoms with E-state index in [0.717, 1.165) is 5.57 Å². The highest BCUT2D eigenvalue weighted by atomic mass is 35.5. The number of halogens is 1. The van der Waals surface area contributed by atoms with Crippen LogP contribution in [0.25, 0.3) is 11.2 Å². The minimum Gasteiger partial charge on any atom is -0.457 e. The van der Waals surface area contributed by atoms with Gasteiger partial charge in [0.1, 0.15) is 18.5 Å². The van der Waals surface area contributed by atoms with Crippen LogP contribution in [0.4, 0.5) is 0 Å². The fraction of sp³-hybridized carbons (Fsp3) is 0.167. The molecule has 7 heteroatoms. The number of carbonyl (C=O) groups excluding carboxylic acids is 1. The van der Waals surface area contributed by atoms with Gasteiger partial charge in [-0.15, -0.1) is 5.73 Å². The van der Waals surface area contributed by atoms with Gasteiger partial charge in [-0.05, 0) is 18.6 Å². The molecule has 0 N–H and O–H groups in total. The van der Waals surface area contributed by atoms with Crippen molar-refractivity contribution >= 4 is 28.7 Å². The molecule has 0 aliphatic heterocycles. The normalized spacial score (nSPS) is 10.4. The third-order valence-electron chi connectivity index (χ3n) is 3.65. The van der Waals surface area contributed by atoms with E-state index in [-0.39, 0.29) is 12.6 Å². The lowest BCUT2D eigenvalue weighted by Gasteiger charge is -2.08. The number of fused-ring (bicyclic) bond motifs is 1. The molecule has 126 valence electrons. The predicted molar refractivity (Wildman–Crippen MR) is 94.3 cm³/mol. The van der Waals surface area contributed by atoms with Gasteiger partial charge in [-0.1, -0.05) is 36.4 Å². The van der Waals surface area contributed by atoms with Crippen molar-refractivity contribution in [3.05, 3.63) is 71.6 Å². The van der Waals surface area contributed by atoms with E-state index < -0.39 is 0 Å². The maximum absolute atomic E-state index is 12.0. The van der Waals surface area contributed by atoms with Crippen molar-refractivity contribution in [3.63, 3.8) is 0 Å². The third kappa shape index (κ3) is 3.94. The fourth-order valence-corrected chi connectivity index (χ4v) is 2.47. The number of benzene rings is 1. The van der Waals surface area contributed by atoms with Crippen LogP contribution in [-0.2, 0) is 11.3 Å². The van der Waals surface area contributed by atoms with Gasteiger partial charge in [-0.3, -0.25) is 0 Å². The molecule has 2 aromatic heterocycles. The lowest BCUT2D eigenvalue weighted by atomic mass is 10.2. The molecule has 3 rings (SSSR count). The van der Waals surface area contributed by atoms with E-state index >= 15 is 0 Å². The predicted octanol–water partition coefficient (Wildman–Crippen LogP) is 3.44. The molecule has 1 aromatic carbocycles. The Labute approximate surface area is 149 Å². The van der Waals surface area contributed by atoms with Crippen LogP contribution in [0.2, 0.25) is 5.15 Å². The summed E-state index contributed by atoms with van der Waals surface area (Å²) in [6, 6.07) is 8.84. The summed E-state index contributed by atoms with van der Waals surface area (Å²) in [7, 11) is 0. The van der Waals surface area contributed by atoms with Gasteiger partial charge in [-0.2, -0.15) is 0 Å². The molecule has 0 spiro atoms. The van der Waals surface area contributed by atoms with Crippen molar-refractivity contribution in [3.8, 4) is 0 Å². The number of aromatic nitrogens is 4. The zero-order chi connectivity index (χ0) is 17.6. The highest BCUT2D eigenvalue weighted by molar-refractivity contribution is 6.33. The Bertz CT molecular complexity index is 946. The van der Waals surface area contributed by atoms with E-state index in [4.69, 9.17) is 16.3 Å². The quantitative estimate of drug-likeness (QED) is 0.385. The smallest absolute Gasteiger partial charge is 0.338 e. The maximum Gasteiger partial charge on any atom is 0.338 e. The molecule has 0 aliphatic rings. The minimum atomic E-state index is -0.374. The first kappa shape index (κ1) is 16.9. The topological polar surface area (TPSA) is 69.9 Å². The van der Waals surface area contributed by atoms with Crippen LogP contribution in [0.1, 0.15) is 16.8 Å². The Hall–Kier alpha value is -2.95. The summed E-state index contributed by atoms with van der Waals surface area (Å²) in [5.41, 5.74) is 5.34. The Morgan fingerprint density at radius 1 is 1.24 bits per heavy atom. The number of ether oxygens (including phenoxy) is 1. The molecule has 0 radical (unpaired) electrons. The molecule has 0 saturated heterocycles. The van der Waals surface area contributed by atoms with E-state index in [9.17, 15) is 4.79 Å². The zero-order valence-corrected chi connectivity index (χ0v) is 14.1. The number of nitrogens with zero attached hydrogens (tertiary/aromatic N) is 4. The number of imidazole rings is 1. The molecule has 6 nitrogen and oxygen atoms in total. The van der Waals surface area contributed by atoms with Gasteiger partial charge < -0.3 is 9.30 Å². The Balaban J connectivity index is 1.60. The monoisotopic (exact) mass is 354 g/mol. The zero-order valence-electron chi connectivity index (χ0n) is 13.4. The van der Waals surface area contributed by atoms with Crippen LogP contribution in [0.15, 0.2) is 60.9 Å². The van der Waals surface area contributed by atoms with Gasteiger partial charge in [0, 0.05) is 12.1 Å². The lowest BCUT2D eigenvalue weighted by molar-refractivity contribution is 0.0537. The molecule has 0 unspecified atom stereocenters. The third-order valence-corrected chi connectivity index (χ3v) is 3.92. The maximum atomic E-state index is 12.0. The van der Waals surface area contributed by atoms with Gasteiger partial charge in [0.2, 0.25) is 0 Å². The van der Waals surface area contributed by atoms with Gasteiger partial charge in [0.15, 0.2) is 10.8 Å². The molecular weight excluding hydrogens is 340 g/mol. The van der Waals surface area contributed by atoms with Gasteiger partial charge in [0.05, 0.1) is 11.9 Å². The summed E-state index contributed by atoms with van der Waals surface area (Å²) < 4.78 is 7.17. The average molecular weight is 355 g/mol. The van der Waals surface area contributed by atoms with E-state index in [1.165, 1.54) is 6.33 Å². The first-order valence-electron chi connectivity index (χ1n) is 7.60. The molecular formula is C18H15ClN4O2. The fourth-order valence-electron chi connectivity index (χ4n) is 2.29. The highest BCUT2D eigenvalue weighted by Crippen LogP contribution is 2.18. The minimum absolute atomic E-state index is 0.138. The van der Waals surface area contributed by atoms with Crippen LogP contribution >= 0.6 is 11.6 Å².